The van der Waals surface area contributed by atoms with E-state index < -0.39 is 21.8 Å². The first kappa shape index (κ1) is 16.3. The molecule has 0 aliphatic carbocycles. The van der Waals surface area contributed by atoms with Crippen molar-refractivity contribution in [1.82, 2.24) is 5.32 Å². The van der Waals surface area contributed by atoms with Gasteiger partial charge in [-0.05, 0) is 18.2 Å². The van der Waals surface area contributed by atoms with Gasteiger partial charge >= 0.3 is 0 Å². The number of aliphatic hydroxyl groups is 1. The van der Waals surface area contributed by atoms with Crippen molar-refractivity contribution in [2.75, 3.05) is 12.3 Å². The van der Waals surface area contributed by atoms with E-state index in [0.717, 1.165) is 0 Å². The van der Waals surface area contributed by atoms with Crippen molar-refractivity contribution in [2.24, 2.45) is 0 Å². The van der Waals surface area contributed by atoms with E-state index in [1.165, 1.54) is 24.7 Å². The molecule has 118 valence electrons. The largest absolute Gasteiger partial charge is 0.472 e. The van der Waals surface area contributed by atoms with Gasteiger partial charge in [0.15, 0.2) is 9.84 Å². The summed E-state index contributed by atoms with van der Waals surface area (Å²) in [6.07, 6.45) is 1.77. The van der Waals surface area contributed by atoms with Crippen molar-refractivity contribution in [3.63, 3.8) is 0 Å². The summed E-state index contributed by atoms with van der Waals surface area (Å²) in [4.78, 5) is 11.9. The van der Waals surface area contributed by atoms with Crippen LogP contribution in [-0.4, -0.2) is 31.7 Å². The van der Waals surface area contributed by atoms with Crippen molar-refractivity contribution in [3.8, 4) is 0 Å². The minimum absolute atomic E-state index is 0.00372. The number of carbonyl (C=O) groups excluding carboxylic acids is 1. The maximum atomic E-state index is 12.0. The molecule has 7 heteroatoms. The zero-order valence-corrected chi connectivity index (χ0v) is 12.6. The number of benzene rings is 1. The highest BCUT2D eigenvalue weighted by molar-refractivity contribution is 7.91. The molecule has 1 heterocycles. The number of rotatable bonds is 7. The molecule has 2 N–H and O–H groups in total. The van der Waals surface area contributed by atoms with Gasteiger partial charge in [-0.25, -0.2) is 8.42 Å². The monoisotopic (exact) mass is 323 g/mol. The summed E-state index contributed by atoms with van der Waals surface area (Å²) < 4.78 is 28.9. The summed E-state index contributed by atoms with van der Waals surface area (Å²) in [5.41, 5.74) is 0.553. The molecular weight excluding hydrogens is 306 g/mol. The average molecular weight is 323 g/mol. The number of aliphatic hydroxyl groups excluding tert-OH is 1. The summed E-state index contributed by atoms with van der Waals surface area (Å²) in [6, 6.07) is 9.58. The fourth-order valence-corrected chi connectivity index (χ4v) is 3.12. The lowest BCUT2D eigenvalue weighted by Gasteiger charge is -2.10. The molecule has 1 aromatic carbocycles. The van der Waals surface area contributed by atoms with Gasteiger partial charge in [0, 0.05) is 18.5 Å². The summed E-state index contributed by atoms with van der Waals surface area (Å²) in [7, 11) is -3.48. The number of furan rings is 1. The maximum absolute atomic E-state index is 12.0. The van der Waals surface area contributed by atoms with Crippen LogP contribution in [-0.2, 0) is 14.6 Å². The molecule has 22 heavy (non-hydrogen) atoms. The molecule has 1 aromatic heterocycles. The first-order valence-corrected chi connectivity index (χ1v) is 8.39. The van der Waals surface area contributed by atoms with Crippen molar-refractivity contribution < 1.29 is 22.7 Å². The maximum Gasteiger partial charge on any atom is 0.221 e. The van der Waals surface area contributed by atoms with Crippen molar-refractivity contribution >= 4 is 15.7 Å². The predicted octanol–water partition coefficient (Wildman–Crippen LogP) is 1.29. The van der Waals surface area contributed by atoms with Crippen LogP contribution in [0.1, 0.15) is 18.1 Å². The Bertz CT molecular complexity index is 695. The molecule has 6 nitrogen and oxygen atoms in total. The lowest BCUT2D eigenvalue weighted by Crippen LogP contribution is -2.29. The van der Waals surface area contributed by atoms with E-state index in [0.29, 0.717) is 5.56 Å². The molecule has 2 aromatic rings. The number of carbonyl (C=O) groups is 1. The second kappa shape index (κ2) is 7.24. The van der Waals surface area contributed by atoms with Gasteiger partial charge < -0.3 is 14.8 Å². The Labute approximate surface area is 128 Å². The molecule has 0 fully saturated rings. The standard InChI is InChI=1S/C15H17NO5S/c17-14(12-6-8-21-11-12)10-16-15(18)7-9-22(19,20)13-4-2-1-3-5-13/h1-6,8,11,14,17H,7,9-10H2,(H,16,18). The lowest BCUT2D eigenvalue weighted by molar-refractivity contribution is -0.121. The molecule has 0 saturated carbocycles. The highest BCUT2D eigenvalue weighted by atomic mass is 32.2. The van der Waals surface area contributed by atoms with Gasteiger partial charge in [-0.3, -0.25) is 4.79 Å². The SMILES string of the molecule is O=C(CCS(=O)(=O)c1ccccc1)NCC(O)c1ccoc1. The van der Waals surface area contributed by atoms with E-state index in [4.69, 9.17) is 4.42 Å². The minimum atomic E-state index is -3.48. The van der Waals surface area contributed by atoms with Crippen molar-refractivity contribution in [1.29, 1.82) is 0 Å². The molecule has 0 spiro atoms. The third-order valence-electron chi connectivity index (χ3n) is 3.12. The Hall–Kier alpha value is -2.12. The third kappa shape index (κ3) is 4.44. The quantitative estimate of drug-likeness (QED) is 0.800. The second-order valence-corrected chi connectivity index (χ2v) is 6.87. The van der Waals surface area contributed by atoms with Crippen LogP contribution in [0.25, 0.3) is 0 Å². The van der Waals surface area contributed by atoms with Gasteiger partial charge in [0.1, 0.15) is 0 Å². The van der Waals surface area contributed by atoms with Crippen LogP contribution in [0.2, 0.25) is 0 Å². The van der Waals surface area contributed by atoms with Gasteiger partial charge in [-0.15, -0.1) is 0 Å². The fraction of sp³-hybridized carbons (Fsp3) is 0.267. The van der Waals surface area contributed by atoms with Crippen LogP contribution >= 0.6 is 0 Å². The summed E-state index contributed by atoms with van der Waals surface area (Å²) in [5, 5.41) is 12.3. The van der Waals surface area contributed by atoms with Gasteiger partial charge in [-0.2, -0.15) is 0 Å². The molecular formula is C15H17NO5S. The Morgan fingerprint density at radius 1 is 1.23 bits per heavy atom. The average Bonchev–Trinajstić information content (AvgIpc) is 3.06. The molecule has 0 aliphatic rings. The highest BCUT2D eigenvalue weighted by Crippen LogP contribution is 2.13. The zero-order valence-electron chi connectivity index (χ0n) is 11.8. The number of hydrogen-bond donors (Lipinski definition) is 2. The third-order valence-corrected chi connectivity index (χ3v) is 4.85. The Morgan fingerprint density at radius 3 is 2.59 bits per heavy atom. The molecule has 1 atom stereocenters. The molecule has 0 aliphatic heterocycles. The molecule has 0 saturated heterocycles. The van der Waals surface area contributed by atoms with E-state index in [-0.39, 0.29) is 23.6 Å². The second-order valence-electron chi connectivity index (χ2n) is 4.76. The molecule has 1 amide bonds. The van der Waals surface area contributed by atoms with Crippen LogP contribution in [0.15, 0.2) is 58.2 Å². The summed E-state index contributed by atoms with van der Waals surface area (Å²) in [5.74, 6) is -0.702. The Kier molecular flexibility index (Phi) is 5.35. The number of amides is 1. The van der Waals surface area contributed by atoms with E-state index in [1.54, 1.807) is 24.3 Å². The smallest absolute Gasteiger partial charge is 0.221 e. The summed E-state index contributed by atoms with van der Waals surface area (Å²) >= 11 is 0. The van der Waals surface area contributed by atoms with Crippen molar-refractivity contribution in [2.45, 2.75) is 17.4 Å². The fourth-order valence-electron chi connectivity index (χ4n) is 1.85. The topological polar surface area (TPSA) is 96.6 Å². The number of hydrogen-bond acceptors (Lipinski definition) is 5. The normalized spacial score (nSPS) is 12.8. The summed E-state index contributed by atoms with van der Waals surface area (Å²) in [6.45, 7) is 0.00372. The van der Waals surface area contributed by atoms with Gasteiger partial charge in [-0.1, -0.05) is 18.2 Å². The predicted molar refractivity (Wildman–Crippen MR) is 79.8 cm³/mol. The lowest BCUT2D eigenvalue weighted by atomic mass is 10.2. The van der Waals surface area contributed by atoms with Crippen LogP contribution in [0.5, 0.6) is 0 Å². The Balaban J connectivity index is 1.81. The van der Waals surface area contributed by atoms with E-state index in [2.05, 4.69) is 5.32 Å². The first-order chi connectivity index (χ1) is 10.5. The number of nitrogens with one attached hydrogen (secondary N) is 1. The molecule has 0 radical (unpaired) electrons. The van der Waals surface area contributed by atoms with Gasteiger partial charge in [0.05, 0.1) is 29.3 Å². The molecule has 1 unspecified atom stereocenters. The highest BCUT2D eigenvalue weighted by Gasteiger charge is 2.17. The molecule has 2 rings (SSSR count). The van der Waals surface area contributed by atoms with E-state index in [9.17, 15) is 18.3 Å². The van der Waals surface area contributed by atoms with Crippen molar-refractivity contribution in [3.05, 3.63) is 54.5 Å². The van der Waals surface area contributed by atoms with Crippen LogP contribution in [0.3, 0.4) is 0 Å². The minimum Gasteiger partial charge on any atom is -0.472 e. The van der Waals surface area contributed by atoms with Crippen LogP contribution < -0.4 is 5.32 Å². The van der Waals surface area contributed by atoms with Gasteiger partial charge in [0.25, 0.3) is 0 Å². The van der Waals surface area contributed by atoms with E-state index >= 15 is 0 Å². The molecule has 0 bridgehead atoms. The van der Waals surface area contributed by atoms with Crippen LogP contribution in [0, 0.1) is 0 Å². The number of sulfone groups is 1. The van der Waals surface area contributed by atoms with Gasteiger partial charge in [0.2, 0.25) is 5.91 Å². The zero-order chi connectivity index (χ0) is 16.0. The van der Waals surface area contributed by atoms with E-state index in [1.807, 2.05) is 0 Å². The first-order valence-electron chi connectivity index (χ1n) is 6.74. The van der Waals surface area contributed by atoms with Crippen LogP contribution in [0.4, 0.5) is 0 Å². The Morgan fingerprint density at radius 2 is 1.95 bits per heavy atom.